The Hall–Kier alpha value is -2.38. The molecule has 0 atom stereocenters. The van der Waals surface area contributed by atoms with E-state index < -0.39 is 42.7 Å². The highest BCUT2D eigenvalue weighted by Crippen LogP contribution is 2.46. The van der Waals surface area contributed by atoms with E-state index >= 15 is 0 Å². The third-order valence-electron chi connectivity index (χ3n) is 6.20. The van der Waals surface area contributed by atoms with Crippen molar-refractivity contribution in [3.05, 3.63) is 31.3 Å². The number of urea groups is 1. The standard InChI is InChI=1S/C21H29F3N4O5S/c1-12-13(9-26(18(25)30)10-14(32-3)33-4)34-17-15(12)16(29)28(11-20(2)5-6-20)19(31)27(17)8-7-21(22,23)24/h14H,5-11H2,1-4H3,(H2,25,30). The Morgan fingerprint density at radius 2 is 1.85 bits per heavy atom. The second-order valence-electron chi connectivity index (χ2n) is 8.95. The van der Waals surface area contributed by atoms with E-state index in [1.807, 2.05) is 6.92 Å². The first-order valence-corrected chi connectivity index (χ1v) is 11.5. The minimum Gasteiger partial charge on any atom is -0.354 e. The van der Waals surface area contributed by atoms with Gasteiger partial charge in [0.15, 0.2) is 6.29 Å². The van der Waals surface area contributed by atoms with Crippen LogP contribution in [0.15, 0.2) is 9.59 Å². The summed E-state index contributed by atoms with van der Waals surface area (Å²) in [4.78, 5) is 40.4. The summed E-state index contributed by atoms with van der Waals surface area (Å²) in [6, 6.07) is -0.760. The van der Waals surface area contributed by atoms with Crippen LogP contribution in [0.1, 0.15) is 36.6 Å². The van der Waals surface area contributed by atoms with E-state index in [9.17, 15) is 27.6 Å². The van der Waals surface area contributed by atoms with E-state index in [-0.39, 0.29) is 35.3 Å². The molecule has 0 spiro atoms. The van der Waals surface area contributed by atoms with Gasteiger partial charge in [-0.15, -0.1) is 11.3 Å². The summed E-state index contributed by atoms with van der Waals surface area (Å²) in [5.41, 5.74) is 4.49. The van der Waals surface area contributed by atoms with Gasteiger partial charge in [-0.3, -0.25) is 13.9 Å². The van der Waals surface area contributed by atoms with Crippen molar-refractivity contribution in [2.24, 2.45) is 11.1 Å². The normalized spacial score (nSPS) is 15.3. The molecule has 0 radical (unpaired) electrons. The zero-order valence-electron chi connectivity index (χ0n) is 19.5. The molecule has 2 amide bonds. The van der Waals surface area contributed by atoms with Gasteiger partial charge in [0.05, 0.1) is 24.9 Å². The third-order valence-corrected chi connectivity index (χ3v) is 7.50. The number of methoxy groups -OCH3 is 2. The van der Waals surface area contributed by atoms with Crippen LogP contribution in [0.3, 0.4) is 0 Å². The fourth-order valence-corrected chi connectivity index (χ4v) is 5.08. The molecule has 1 fully saturated rings. The maximum atomic E-state index is 13.3. The smallest absolute Gasteiger partial charge is 0.354 e. The van der Waals surface area contributed by atoms with Gasteiger partial charge in [0.1, 0.15) is 4.83 Å². The predicted molar refractivity (Wildman–Crippen MR) is 121 cm³/mol. The summed E-state index contributed by atoms with van der Waals surface area (Å²) < 4.78 is 51.3. The Bertz CT molecular complexity index is 1180. The van der Waals surface area contributed by atoms with E-state index in [2.05, 4.69) is 0 Å². The number of nitrogens with zero attached hydrogens (tertiary/aromatic N) is 3. The maximum Gasteiger partial charge on any atom is 0.390 e. The largest absolute Gasteiger partial charge is 0.390 e. The number of fused-ring (bicyclic) bond motifs is 1. The Morgan fingerprint density at radius 3 is 2.35 bits per heavy atom. The first kappa shape index (κ1) is 26.2. The highest BCUT2D eigenvalue weighted by atomic mass is 32.1. The highest BCUT2D eigenvalue weighted by molar-refractivity contribution is 7.18. The molecule has 13 heteroatoms. The van der Waals surface area contributed by atoms with Crippen molar-refractivity contribution in [1.82, 2.24) is 14.0 Å². The van der Waals surface area contributed by atoms with Crippen molar-refractivity contribution in [3.63, 3.8) is 0 Å². The third kappa shape index (κ3) is 5.63. The Morgan fingerprint density at radius 1 is 1.24 bits per heavy atom. The molecule has 0 unspecified atom stereocenters. The van der Waals surface area contributed by atoms with Crippen LogP contribution in [0, 0.1) is 12.3 Å². The SMILES string of the molecule is COC(CN(Cc1sc2c(c1C)c(=O)n(CC1(C)CC1)c(=O)n2CCC(F)(F)F)C(N)=O)OC. The zero-order valence-corrected chi connectivity index (χ0v) is 20.3. The topological polar surface area (TPSA) is 109 Å². The lowest BCUT2D eigenvalue weighted by Crippen LogP contribution is -2.42. The second-order valence-corrected chi connectivity index (χ2v) is 10.0. The summed E-state index contributed by atoms with van der Waals surface area (Å²) in [5, 5.41) is 0.186. The molecule has 1 saturated carbocycles. The molecule has 190 valence electrons. The van der Waals surface area contributed by atoms with Gasteiger partial charge in [-0.05, 0) is 30.7 Å². The number of alkyl halides is 3. The van der Waals surface area contributed by atoms with Crippen molar-refractivity contribution < 1.29 is 27.4 Å². The number of hydrogen-bond acceptors (Lipinski definition) is 6. The van der Waals surface area contributed by atoms with Crippen molar-refractivity contribution in [3.8, 4) is 0 Å². The number of aryl methyl sites for hydroxylation is 2. The van der Waals surface area contributed by atoms with Gasteiger partial charge in [0, 0.05) is 32.2 Å². The summed E-state index contributed by atoms with van der Waals surface area (Å²) in [7, 11) is 2.81. The average Bonchev–Trinajstić information content (AvgIpc) is 3.39. The number of rotatable bonds is 10. The van der Waals surface area contributed by atoms with Crippen molar-refractivity contribution in [2.45, 2.75) is 65.2 Å². The van der Waals surface area contributed by atoms with Crippen LogP contribution < -0.4 is 17.0 Å². The van der Waals surface area contributed by atoms with Crippen LogP contribution in [-0.4, -0.2) is 53.3 Å². The Balaban J connectivity index is 2.12. The van der Waals surface area contributed by atoms with Crippen molar-refractivity contribution in [1.29, 1.82) is 0 Å². The van der Waals surface area contributed by atoms with E-state index in [1.54, 1.807) is 6.92 Å². The molecule has 0 saturated heterocycles. The van der Waals surface area contributed by atoms with E-state index in [0.29, 0.717) is 10.4 Å². The molecule has 34 heavy (non-hydrogen) atoms. The number of thiophene rings is 1. The minimum absolute atomic E-state index is 0.000511. The Labute approximate surface area is 197 Å². The van der Waals surface area contributed by atoms with Crippen LogP contribution >= 0.6 is 11.3 Å². The molecule has 0 aliphatic heterocycles. The average molecular weight is 507 g/mol. The van der Waals surface area contributed by atoms with Crippen LogP contribution in [0.2, 0.25) is 0 Å². The lowest BCUT2D eigenvalue weighted by Gasteiger charge is -2.24. The first-order chi connectivity index (χ1) is 15.8. The molecule has 0 aromatic carbocycles. The molecule has 2 aromatic heterocycles. The van der Waals surface area contributed by atoms with Gasteiger partial charge in [-0.1, -0.05) is 6.92 Å². The zero-order chi connectivity index (χ0) is 25.4. The van der Waals surface area contributed by atoms with E-state index in [4.69, 9.17) is 15.2 Å². The molecule has 2 aromatic rings. The lowest BCUT2D eigenvalue weighted by atomic mass is 10.1. The number of halogens is 3. The number of carbonyl (C=O) groups is 1. The van der Waals surface area contributed by atoms with Crippen molar-refractivity contribution in [2.75, 3.05) is 20.8 Å². The van der Waals surface area contributed by atoms with Crippen LogP contribution in [0.5, 0.6) is 0 Å². The highest BCUT2D eigenvalue weighted by Gasteiger charge is 2.39. The fourth-order valence-electron chi connectivity index (χ4n) is 3.75. The number of aromatic nitrogens is 2. The number of primary amides is 1. The number of carbonyl (C=O) groups excluding carboxylic acids is 1. The van der Waals surface area contributed by atoms with Crippen LogP contribution in [-0.2, 0) is 29.1 Å². The molecule has 1 aliphatic rings. The molecule has 9 nitrogen and oxygen atoms in total. The van der Waals surface area contributed by atoms with Gasteiger partial charge < -0.3 is 20.1 Å². The maximum absolute atomic E-state index is 13.3. The van der Waals surface area contributed by atoms with E-state index in [1.165, 1.54) is 19.1 Å². The predicted octanol–water partition coefficient (Wildman–Crippen LogP) is 2.79. The summed E-state index contributed by atoms with van der Waals surface area (Å²) in [6.07, 6.45) is -4.76. The van der Waals surface area contributed by atoms with Crippen molar-refractivity contribution >= 4 is 27.6 Å². The molecular weight excluding hydrogens is 477 g/mol. The van der Waals surface area contributed by atoms with Gasteiger partial charge in [-0.2, -0.15) is 13.2 Å². The first-order valence-electron chi connectivity index (χ1n) is 10.7. The molecule has 2 heterocycles. The van der Waals surface area contributed by atoms with Gasteiger partial charge in [0.2, 0.25) is 0 Å². The Kier molecular flexibility index (Phi) is 7.48. The molecular formula is C21H29F3N4O5S. The number of ether oxygens (including phenoxy) is 2. The molecule has 0 bridgehead atoms. The number of hydrogen-bond donors (Lipinski definition) is 1. The second kappa shape index (κ2) is 9.70. The van der Waals surface area contributed by atoms with Gasteiger partial charge >= 0.3 is 17.9 Å². The number of nitrogens with two attached hydrogens (primary N) is 1. The van der Waals surface area contributed by atoms with Crippen LogP contribution in [0.25, 0.3) is 10.2 Å². The van der Waals surface area contributed by atoms with E-state index in [0.717, 1.165) is 33.3 Å². The fraction of sp³-hybridized carbons (Fsp3) is 0.667. The number of amides is 2. The molecule has 1 aliphatic carbocycles. The lowest BCUT2D eigenvalue weighted by molar-refractivity contribution is -0.136. The quantitative estimate of drug-likeness (QED) is 0.499. The molecule has 2 N–H and O–H groups in total. The van der Waals surface area contributed by atoms with Gasteiger partial charge in [0.25, 0.3) is 5.56 Å². The van der Waals surface area contributed by atoms with Gasteiger partial charge in [-0.25, -0.2) is 9.59 Å². The monoisotopic (exact) mass is 506 g/mol. The minimum atomic E-state index is -4.47. The summed E-state index contributed by atoms with van der Waals surface area (Å²) >= 11 is 1.01. The summed E-state index contributed by atoms with van der Waals surface area (Å²) in [6.45, 7) is 3.11. The van der Waals surface area contributed by atoms with Crippen LogP contribution in [0.4, 0.5) is 18.0 Å². The molecule has 3 rings (SSSR count). The summed E-state index contributed by atoms with van der Waals surface area (Å²) in [5.74, 6) is 0.